The Labute approximate surface area is 168 Å². The smallest absolute Gasteiger partial charge is 0.311 e. The quantitative estimate of drug-likeness (QED) is 0.640. The monoisotopic (exact) mass is 404 g/mol. The number of carbonyl (C=O) groups excluding carboxylic acids is 2. The molecule has 1 unspecified atom stereocenters. The van der Waals surface area contributed by atoms with Crippen molar-refractivity contribution < 1.29 is 14.3 Å². The highest BCUT2D eigenvalue weighted by Crippen LogP contribution is 2.23. The van der Waals surface area contributed by atoms with Gasteiger partial charge in [-0.15, -0.1) is 0 Å². The van der Waals surface area contributed by atoms with Gasteiger partial charge in [-0.05, 0) is 36.8 Å². The molecule has 0 aliphatic heterocycles. The number of amides is 1. The van der Waals surface area contributed by atoms with Crippen molar-refractivity contribution in [2.75, 3.05) is 11.4 Å². The Hall–Kier alpha value is -2.55. The fraction of sp³-hybridized carbons (Fsp3) is 0.250. The van der Waals surface area contributed by atoms with Gasteiger partial charge in [0.2, 0.25) is 0 Å². The molecular formula is C20H18Cl2N2O3. The molecule has 7 heteroatoms. The van der Waals surface area contributed by atoms with Gasteiger partial charge in [0.1, 0.15) is 0 Å². The minimum absolute atomic E-state index is 0.0297. The molecule has 1 atom stereocenters. The van der Waals surface area contributed by atoms with E-state index in [4.69, 9.17) is 33.2 Å². The third-order valence-corrected chi connectivity index (χ3v) is 4.51. The van der Waals surface area contributed by atoms with Crippen LogP contribution < -0.4 is 4.90 Å². The standard InChI is InChI=1S/C20H18Cl2N2O3/c1-14(27-19(25)13-15-8-9-17(21)18(22)12-15)20(26)24(11-5-10-23)16-6-3-2-4-7-16/h2-4,6-9,12,14H,5,11,13H2,1H3. The van der Waals surface area contributed by atoms with E-state index in [1.807, 2.05) is 12.1 Å². The zero-order valence-corrected chi connectivity index (χ0v) is 16.2. The van der Waals surface area contributed by atoms with Crippen molar-refractivity contribution >= 4 is 40.8 Å². The van der Waals surface area contributed by atoms with Gasteiger partial charge in [0.25, 0.3) is 5.91 Å². The highest BCUT2D eigenvalue weighted by molar-refractivity contribution is 6.42. The summed E-state index contributed by atoms with van der Waals surface area (Å²) in [7, 11) is 0. The summed E-state index contributed by atoms with van der Waals surface area (Å²) in [5.74, 6) is -0.943. The second kappa shape index (κ2) is 9.96. The lowest BCUT2D eigenvalue weighted by molar-refractivity contribution is -0.153. The fourth-order valence-corrected chi connectivity index (χ4v) is 2.78. The Morgan fingerprint density at radius 3 is 2.48 bits per heavy atom. The molecular weight excluding hydrogens is 387 g/mol. The maximum Gasteiger partial charge on any atom is 0.311 e. The Morgan fingerprint density at radius 1 is 1.15 bits per heavy atom. The van der Waals surface area contributed by atoms with E-state index in [-0.39, 0.29) is 25.3 Å². The average Bonchev–Trinajstić information content (AvgIpc) is 2.65. The van der Waals surface area contributed by atoms with Gasteiger partial charge < -0.3 is 9.64 Å². The number of anilines is 1. The third kappa shape index (κ3) is 5.99. The number of carbonyl (C=O) groups is 2. The van der Waals surface area contributed by atoms with Crippen LogP contribution in [0.1, 0.15) is 18.9 Å². The molecule has 0 fully saturated rings. The molecule has 0 saturated carbocycles. The van der Waals surface area contributed by atoms with E-state index >= 15 is 0 Å². The van der Waals surface area contributed by atoms with Gasteiger partial charge in [0.05, 0.1) is 29.0 Å². The van der Waals surface area contributed by atoms with E-state index in [0.717, 1.165) is 0 Å². The lowest BCUT2D eigenvalue weighted by Crippen LogP contribution is -2.40. The van der Waals surface area contributed by atoms with Crippen LogP contribution in [0.2, 0.25) is 10.0 Å². The van der Waals surface area contributed by atoms with Crippen molar-refractivity contribution in [1.82, 2.24) is 0 Å². The SMILES string of the molecule is CC(OC(=O)Cc1ccc(Cl)c(Cl)c1)C(=O)N(CCC#N)c1ccccc1. The zero-order valence-electron chi connectivity index (χ0n) is 14.7. The molecule has 0 aliphatic carbocycles. The average molecular weight is 405 g/mol. The van der Waals surface area contributed by atoms with Crippen molar-refractivity contribution in [3.63, 3.8) is 0 Å². The molecule has 0 bridgehead atoms. The van der Waals surface area contributed by atoms with Crippen molar-refractivity contribution in [1.29, 1.82) is 5.26 Å². The van der Waals surface area contributed by atoms with Crippen LogP contribution in [-0.4, -0.2) is 24.5 Å². The van der Waals surface area contributed by atoms with Crippen LogP contribution in [0.3, 0.4) is 0 Å². The van der Waals surface area contributed by atoms with Crippen LogP contribution in [0, 0.1) is 11.3 Å². The van der Waals surface area contributed by atoms with E-state index in [2.05, 4.69) is 0 Å². The van der Waals surface area contributed by atoms with E-state index in [0.29, 0.717) is 21.3 Å². The molecule has 2 aromatic carbocycles. The molecule has 140 valence electrons. The lowest BCUT2D eigenvalue weighted by Gasteiger charge is -2.25. The largest absolute Gasteiger partial charge is 0.452 e. The van der Waals surface area contributed by atoms with Crippen molar-refractivity contribution in [2.24, 2.45) is 0 Å². The predicted molar refractivity (Wildman–Crippen MR) is 105 cm³/mol. The normalized spacial score (nSPS) is 11.3. The van der Waals surface area contributed by atoms with Crippen LogP contribution in [-0.2, 0) is 20.7 Å². The maximum atomic E-state index is 12.7. The van der Waals surface area contributed by atoms with Gasteiger partial charge in [-0.25, -0.2) is 0 Å². The minimum atomic E-state index is -0.987. The number of benzene rings is 2. The van der Waals surface area contributed by atoms with Gasteiger partial charge in [-0.2, -0.15) is 5.26 Å². The minimum Gasteiger partial charge on any atom is -0.452 e. The molecule has 0 heterocycles. The first-order chi connectivity index (χ1) is 12.9. The topological polar surface area (TPSA) is 70.4 Å². The Balaban J connectivity index is 2.04. The third-order valence-electron chi connectivity index (χ3n) is 3.77. The first kappa shape index (κ1) is 20.8. The van der Waals surface area contributed by atoms with Crippen molar-refractivity contribution in [3.8, 4) is 6.07 Å². The van der Waals surface area contributed by atoms with Crippen LogP contribution in [0.4, 0.5) is 5.69 Å². The molecule has 1 amide bonds. The molecule has 2 aromatic rings. The highest BCUT2D eigenvalue weighted by atomic mass is 35.5. The predicted octanol–water partition coefficient (Wildman–Crippen LogP) is 4.41. The van der Waals surface area contributed by atoms with Gasteiger partial charge in [-0.1, -0.05) is 47.5 Å². The van der Waals surface area contributed by atoms with Crippen LogP contribution in [0.25, 0.3) is 0 Å². The number of nitrogens with zero attached hydrogens (tertiary/aromatic N) is 2. The number of para-hydroxylation sites is 1. The molecule has 5 nitrogen and oxygen atoms in total. The van der Waals surface area contributed by atoms with E-state index < -0.39 is 12.1 Å². The number of ether oxygens (including phenoxy) is 1. The van der Waals surface area contributed by atoms with E-state index in [1.165, 1.54) is 11.8 Å². The van der Waals surface area contributed by atoms with Crippen molar-refractivity contribution in [3.05, 3.63) is 64.1 Å². The summed E-state index contributed by atoms with van der Waals surface area (Å²) in [4.78, 5) is 26.4. The number of nitriles is 1. The number of hydrogen-bond acceptors (Lipinski definition) is 4. The summed E-state index contributed by atoms with van der Waals surface area (Å²) in [5, 5.41) is 9.58. The van der Waals surface area contributed by atoms with Crippen LogP contribution in [0.5, 0.6) is 0 Å². The maximum absolute atomic E-state index is 12.7. The number of esters is 1. The number of hydrogen-bond donors (Lipinski definition) is 0. The van der Waals surface area contributed by atoms with Gasteiger partial charge in [0, 0.05) is 12.2 Å². The van der Waals surface area contributed by atoms with Gasteiger partial charge in [0.15, 0.2) is 6.10 Å². The molecule has 0 radical (unpaired) electrons. The second-order valence-corrected chi connectivity index (χ2v) is 6.61. The Kier molecular flexibility index (Phi) is 7.66. The zero-order chi connectivity index (χ0) is 19.8. The summed E-state index contributed by atoms with van der Waals surface area (Å²) < 4.78 is 5.28. The first-order valence-corrected chi connectivity index (χ1v) is 9.04. The number of rotatable bonds is 7. The summed E-state index contributed by atoms with van der Waals surface area (Å²) in [6, 6.07) is 15.8. The van der Waals surface area contributed by atoms with Gasteiger partial charge in [-0.3, -0.25) is 9.59 Å². The molecule has 27 heavy (non-hydrogen) atoms. The van der Waals surface area contributed by atoms with Gasteiger partial charge >= 0.3 is 5.97 Å². The summed E-state index contributed by atoms with van der Waals surface area (Å²) in [5.41, 5.74) is 1.28. The molecule has 0 aromatic heterocycles. The van der Waals surface area contributed by atoms with Crippen molar-refractivity contribution in [2.45, 2.75) is 25.9 Å². The molecule has 0 N–H and O–H groups in total. The molecule has 0 saturated heterocycles. The van der Waals surface area contributed by atoms with Crippen LogP contribution in [0.15, 0.2) is 48.5 Å². The summed E-state index contributed by atoms with van der Waals surface area (Å²) >= 11 is 11.8. The molecule has 0 spiro atoms. The Bertz CT molecular complexity index is 850. The second-order valence-electron chi connectivity index (χ2n) is 5.79. The number of halogens is 2. The molecule has 0 aliphatic rings. The van der Waals surface area contributed by atoms with E-state index in [1.54, 1.807) is 42.5 Å². The first-order valence-electron chi connectivity index (χ1n) is 8.29. The summed E-state index contributed by atoms with van der Waals surface area (Å²) in [6.07, 6.45) is -0.845. The highest BCUT2D eigenvalue weighted by Gasteiger charge is 2.25. The Morgan fingerprint density at radius 2 is 1.85 bits per heavy atom. The summed E-state index contributed by atoms with van der Waals surface area (Å²) in [6.45, 7) is 1.73. The molecule has 2 rings (SSSR count). The van der Waals surface area contributed by atoms with Crippen LogP contribution >= 0.6 is 23.2 Å². The fourth-order valence-electron chi connectivity index (χ4n) is 2.46. The van der Waals surface area contributed by atoms with E-state index in [9.17, 15) is 9.59 Å². The lowest BCUT2D eigenvalue weighted by atomic mass is 10.1.